The van der Waals surface area contributed by atoms with Gasteiger partial charge in [-0.1, -0.05) is 32.9 Å². The quantitative estimate of drug-likeness (QED) is 0.0929. The van der Waals surface area contributed by atoms with Crippen LogP contribution in [0.4, 0.5) is 0 Å². The minimum Gasteiger partial charge on any atom is -0.543 e. The van der Waals surface area contributed by atoms with Gasteiger partial charge in [0.05, 0.1) is 37.6 Å². The molecule has 10 heteroatoms. The first kappa shape index (κ1) is 35.1. The topological polar surface area (TPSA) is 81.8 Å². The summed E-state index contributed by atoms with van der Waals surface area (Å²) in [7, 11) is -0.330. The minimum atomic E-state index is -2.00. The van der Waals surface area contributed by atoms with E-state index in [9.17, 15) is 0 Å². The summed E-state index contributed by atoms with van der Waals surface area (Å²) in [6, 6.07) is 14.6. The molecule has 1 saturated heterocycles. The third kappa shape index (κ3) is 8.84. The highest BCUT2D eigenvalue weighted by atomic mass is 28.4. The molecule has 2 aromatic carbocycles. The van der Waals surface area contributed by atoms with Crippen molar-refractivity contribution in [2.45, 2.75) is 110 Å². The summed E-state index contributed by atoms with van der Waals surface area (Å²) in [5.41, 5.74) is 4.09. The summed E-state index contributed by atoms with van der Waals surface area (Å²) < 4.78 is 34.2. The molecule has 1 unspecified atom stereocenters. The van der Waals surface area contributed by atoms with Crippen molar-refractivity contribution in [3.63, 3.8) is 0 Å². The number of aromatic nitrogens is 4. The van der Waals surface area contributed by atoms with E-state index in [2.05, 4.69) is 76.8 Å². The number of rotatable bonds is 15. The van der Waals surface area contributed by atoms with E-state index in [1.54, 1.807) is 7.11 Å². The zero-order valence-electron chi connectivity index (χ0n) is 29.6. The normalized spacial score (nSPS) is 17.1. The largest absolute Gasteiger partial charge is 0.543 e. The van der Waals surface area contributed by atoms with Crippen LogP contribution in [0, 0.1) is 0 Å². The predicted octanol–water partition coefficient (Wildman–Crippen LogP) is 8.95. The van der Waals surface area contributed by atoms with Crippen molar-refractivity contribution in [3.05, 3.63) is 60.4 Å². The van der Waals surface area contributed by atoms with Gasteiger partial charge in [0.25, 0.3) is 0 Å². The Balaban J connectivity index is 1.20. The molecule has 0 aliphatic carbocycles. The van der Waals surface area contributed by atoms with Crippen LogP contribution in [0.25, 0.3) is 22.2 Å². The van der Waals surface area contributed by atoms with Crippen LogP contribution in [0.15, 0.2) is 54.9 Å². The summed E-state index contributed by atoms with van der Waals surface area (Å²) >= 11 is 0. The maximum atomic E-state index is 6.71. The van der Waals surface area contributed by atoms with E-state index in [-0.39, 0.29) is 23.4 Å². The van der Waals surface area contributed by atoms with Gasteiger partial charge in [-0.2, -0.15) is 10.2 Å². The highest BCUT2D eigenvalue weighted by molar-refractivity contribution is 6.74. The number of nitrogens with zero attached hydrogens (tertiary/aromatic N) is 4. The second-order valence-electron chi connectivity index (χ2n) is 14.4. The third-order valence-electron chi connectivity index (χ3n) is 9.65. The molecule has 4 aromatic rings. The standard InChI is InChI=1S/C37H54N4O5Si/c1-27(18-21-43-22-19-28(2)45-26-29-12-14-31(42-6)15-13-29)40-25-30(24-38-40)36-33-23-32(46-47(7,8)37(3,4)5)16-17-34(33)41(39-36)35-11-9-10-20-44-35/h12-17,23-25,27-28,35H,9-11,18-22,26H2,1-8H3/t27-,28-,35?/m1/s1. The van der Waals surface area contributed by atoms with Crippen LogP contribution in [0.2, 0.25) is 18.1 Å². The molecule has 0 spiro atoms. The van der Waals surface area contributed by atoms with Crippen LogP contribution >= 0.6 is 0 Å². The Bertz CT molecular complexity index is 1570. The molecule has 0 bridgehead atoms. The molecule has 256 valence electrons. The van der Waals surface area contributed by atoms with Gasteiger partial charge in [0.15, 0.2) is 6.23 Å². The van der Waals surface area contributed by atoms with E-state index in [4.69, 9.17) is 33.6 Å². The van der Waals surface area contributed by atoms with E-state index >= 15 is 0 Å². The Kier molecular flexibility index (Phi) is 11.5. The fraction of sp³-hybridized carbons (Fsp3) is 0.568. The van der Waals surface area contributed by atoms with Crippen LogP contribution in [0.1, 0.15) is 84.6 Å². The highest BCUT2D eigenvalue weighted by Gasteiger charge is 2.39. The van der Waals surface area contributed by atoms with Gasteiger partial charge in [0.2, 0.25) is 8.32 Å². The van der Waals surface area contributed by atoms with Crippen molar-refractivity contribution < 1.29 is 23.4 Å². The zero-order chi connectivity index (χ0) is 33.6. The molecule has 0 radical (unpaired) electrons. The van der Waals surface area contributed by atoms with Crippen LogP contribution in [-0.4, -0.2) is 60.9 Å². The van der Waals surface area contributed by atoms with Gasteiger partial charge in [-0.15, -0.1) is 0 Å². The van der Waals surface area contributed by atoms with Crippen LogP contribution < -0.4 is 9.16 Å². The monoisotopic (exact) mass is 662 g/mol. The number of hydrogen-bond acceptors (Lipinski definition) is 7. The molecular weight excluding hydrogens is 609 g/mol. The van der Waals surface area contributed by atoms with E-state index in [1.807, 2.05) is 35.1 Å². The van der Waals surface area contributed by atoms with E-state index < -0.39 is 8.32 Å². The molecule has 0 saturated carbocycles. The summed E-state index contributed by atoms with van der Waals surface area (Å²) in [6.45, 7) is 18.3. The van der Waals surface area contributed by atoms with Crippen LogP contribution in [0.5, 0.6) is 11.5 Å². The smallest absolute Gasteiger partial charge is 0.250 e. The maximum absolute atomic E-state index is 6.71. The number of hydrogen-bond donors (Lipinski definition) is 0. The first-order chi connectivity index (χ1) is 22.4. The second kappa shape index (κ2) is 15.4. The number of ether oxygens (including phenoxy) is 4. The van der Waals surface area contributed by atoms with E-state index in [0.29, 0.717) is 19.8 Å². The molecule has 1 aliphatic heterocycles. The van der Waals surface area contributed by atoms with Crippen LogP contribution in [-0.2, 0) is 20.8 Å². The Hall–Kier alpha value is -3.18. The lowest BCUT2D eigenvalue weighted by Crippen LogP contribution is -2.43. The first-order valence-corrected chi connectivity index (χ1v) is 20.1. The zero-order valence-corrected chi connectivity index (χ0v) is 30.6. The summed E-state index contributed by atoms with van der Waals surface area (Å²) in [5, 5.41) is 11.1. The summed E-state index contributed by atoms with van der Waals surface area (Å²) in [6.07, 6.45) is 8.99. The van der Waals surface area contributed by atoms with E-state index in [0.717, 1.165) is 77.9 Å². The van der Waals surface area contributed by atoms with Crippen LogP contribution in [0.3, 0.4) is 0 Å². The highest BCUT2D eigenvalue weighted by Crippen LogP contribution is 2.40. The van der Waals surface area contributed by atoms with Gasteiger partial charge in [-0.3, -0.25) is 4.68 Å². The fourth-order valence-corrected chi connectivity index (χ4v) is 6.49. The SMILES string of the molecule is COc1ccc(CO[C@H](C)CCOCC[C@@H](C)n2cc(-c3nn(C4CCCCO4)c4ccc(O[Si](C)(C)C(C)(C)C)cc34)cn2)cc1. The number of benzene rings is 2. The van der Waals surface area contributed by atoms with Gasteiger partial charge in [0.1, 0.15) is 17.2 Å². The number of fused-ring (bicyclic) bond motifs is 1. The van der Waals surface area contributed by atoms with Gasteiger partial charge in [-0.05, 0) is 100.0 Å². The Morgan fingerprint density at radius 3 is 2.45 bits per heavy atom. The van der Waals surface area contributed by atoms with Crippen molar-refractivity contribution in [2.24, 2.45) is 0 Å². The third-order valence-corrected chi connectivity index (χ3v) is 14.0. The lowest BCUT2D eigenvalue weighted by atomic mass is 10.1. The maximum Gasteiger partial charge on any atom is 0.250 e. The molecule has 3 heterocycles. The number of methoxy groups -OCH3 is 1. The molecule has 0 N–H and O–H groups in total. The molecule has 5 rings (SSSR count). The second-order valence-corrected chi connectivity index (χ2v) is 19.1. The van der Waals surface area contributed by atoms with Crippen molar-refractivity contribution in [1.29, 1.82) is 0 Å². The van der Waals surface area contributed by atoms with Crippen molar-refractivity contribution in [2.75, 3.05) is 26.9 Å². The van der Waals surface area contributed by atoms with Gasteiger partial charge in [-0.25, -0.2) is 4.68 Å². The molecule has 9 nitrogen and oxygen atoms in total. The van der Waals surface area contributed by atoms with Crippen molar-refractivity contribution in [1.82, 2.24) is 19.6 Å². The molecule has 2 aromatic heterocycles. The Labute approximate surface area is 281 Å². The Morgan fingerprint density at radius 2 is 1.74 bits per heavy atom. The lowest BCUT2D eigenvalue weighted by Gasteiger charge is -2.36. The molecule has 47 heavy (non-hydrogen) atoms. The summed E-state index contributed by atoms with van der Waals surface area (Å²) in [4.78, 5) is 0. The fourth-order valence-electron chi connectivity index (χ4n) is 5.46. The molecular formula is C37H54N4O5Si. The average Bonchev–Trinajstić information content (AvgIpc) is 3.69. The predicted molar refractivity (Wildman–Crippen MR) is 190 cm³/mol. The summed E-state index contributed by atoms with van der Waals surface area (Å²) in [5.74, 6) is 1.75. The van der Waals surface area contributed by atoms with Gasteiger partial charge in [0, 0.05) is 37.0 Å². The van der Waals surface area contributed by atoms with E-state index in [1.165, 1.54) is 0 Å². The molecule has 1 fully saturated rings. The van der Waals surface area contributed by atoms with Crippen molar-refractivity contribution in [3.8, 4) is 22.8 Å². The Morgan fingerprint density at radius 1 is 1.00 bits per heavy atom. The van der Waals surface area contributed by atoms with Gasteiger partial charge < -0.3 is 23.4 Å². The van der Waals surface area contributed by atoms with Gasteiger partial charge >= 0.3 is 0 Å². The average molecular weight is 663 g/mol. The lowest BCUT2D eigenvalue weighted by molar-refractivity contribution is -0.0365. The molecule has 1 aliphatic rings. The minimum absolute atomic E-state index is 0.0613. The molecule has 3 atom stereocenters. The molecule has 0 amide bonds. The first-order valence-electron chi connectivity index (χ1n) is 17.1. The van der Waals surface area contributed by atoms with Crippen molar-refractivity contribution >= 4 is 19.2 Å².